The molecule has 0 saturated heterocycles. The van der Waals surface area contributed by atoms with Crippen LogP contribution in [0.3, 0.4) is 0 Å². The van der Waals surface area contributed by atoms with E-state index < -0.39 is 0 Å². The second kappa shape index (κ2) is 13.2. The van der Waals surface area contributed by atoms with Gasteiger partial charge in [0.15, 0.2) is 0 Å². The summed E-state index contributed by atoms with van der Waals surface area (Å²) in [5.41, 5.74) is 5.78. The van der Waals surface area contributed by atoms with Crippen LogP contribution in [0.25, 0.3) is 10.9 Å². The van der Waals surface area contributed by atoms with Crippen LogP contribution in [0.4, 0.5) is 0 Å². The molecular formula is C36H38N2O3. The molecule has 4 aromatic carbocycles. The van der Waals surface area contributed by atoms with Crippen molar-refractivity contribution in [1.29, 1.82) is 0 Å². The maximum Gasteiger partial charge on any atom is 0.220 e. The van der Waals surface area contributed by atoms with Crippen molar-refractivity contribution in [3.63, 3.8) is 0 Å². The molecule has 5 aromatic rings. The predicted molar refractivity (Wildman–Crippen MR) is 166 cm³/mol. The first-order chi connectivity index (χ1) is 20.1. The molecule has 0 bridgehead atoms. The van der Waals surface area contributed by atoms with Gasteiger partial charge in [-0.3, -0.25) is 4.79 Å². The van der Waals surface area contributed by atoms with Gasteiger partial charge >= 0.3 is 0 Å². The number of methoxy groups -OCH3 is 2. The van der Waals surface area contributed by atoms with E-state index in [4.69, 9.17) is 9.47 Å². The highest BCUT2D eigenvalue weighted by Gasteiger charge is 2.24. The van der Waals surface area contributed by atoms with Crippen LogP contribution >= 0.6 is 0 Å². The standard InChI is InChI=1S/C36H38N2O3/c1-4-38-25-34(32-17-11-12-18-35(32)38)33(28-21-29(40-2)23-30(22-28)41-3)24-36(39)37-20-19-31(26-13-7-5-8-14-26)27-15-9-6-10-16-27/h5-18,21-23,25,31,33H,4,19-20,24H2,1-3H3,(H,37,39)/t33-/m0/s1. The molecule has 0 aliphatic heterocycles. The maximum absolute atomic E-state index is 13.6. The zero-order valence-electron chi connectivity index (χ0n) is 24.0. The lowest BCUT2D eigenvalue weighted by Crippen LogP contribution is -2.27. The van der Waals surface area contributed by atoms with E-state index >= 15 is 0 Å². The molecule has 5 nitrogen and oxygen atoms in total. The van der Waals surface area contributed by atoms with Crippen molar-refractivity contribution in [2.24, 2.45) is 0 Å². The van der Waals surface area contributed by atoms with Gasteiger partial charge in [-0.05, 0) is 53.8 Å². The fourth-order valence-electron chi connectivity index (χ4n) is 5.76. The summed E-state index contributed by atoms with van der Waals surface area (Å²) in [6, 6.07) is 35.3. The number of para-hydroxylation sites is 1. The van der Waals surface area contributed by atoms with Crippen molar-refractivity contribution >= 4 is 16.8 Å². The lowest BCUT2D eigenvalue weighted by atomic mass is 9.87. The summed E-state index contributed by atoms with van der Waals surface area (Å²) in [5, 5.41) is 4.40. The Bertz CT molecular complexity index is 1520. The Balaban J connectivity index is 1.41. The van der Waals surface area contributed by atoms with E-state index in [9.17, 15) is 4.79 Å². The zero-order chi connectivity index (χ0) is 28.6. The molecule has 1 N–H and O–H groups in total. The van der Waals surface area contributed by atoms with Crippen LogP contribution in [0.15, 0.2) is 109 Å². The van der Waals surface area contributed by atoms with Crippen LogP contribution in [0.2, 0.25) is 0 Å². The highest BCUT2D eigenvalue weighted by molar-refractivity contribution is 5.86. The van der Waals surface area contributed by atoms with Crippen LogP contribution in [-0.4, -0.2) is 31.2 Å². The third kappa shape index (κ3) is 6.46. The molecule has 0 saturated carbocycles. The number of nitrogens with one attached hydrogen (secondary N) is 1. The molecule has 1 heterocycles. The number of carbonyl (C=O) groups excluding carboxylic acids is 1. The van der Waals surface area contributed by atoms with Gasteiger partial charge in [0.2, 0.25) is 5.91 Å². The Kier molecular flexibility index (Phi) is 9.05. The van der Waals surface area contributed by atoms with Gasteiger partial charge in [0, 0.05) is 54.5 Å². The van der Waals surface area contributed by atoms with E-state index in [1.165, 1.54) is 16.6 Å². The van der Waals surface area contributed by atoms with Crippen LogP contribution in [0.1, 0.15) is 53.9 Å². The van der Waals surface area contributed by atoms with Crippen molar-refractivity contribution in [2.75, 3.05) is 20.8 Å². The lowest BCUT2D eigenvalue weighted by Gasteiger charge is -2.21. The normalized spacial score (nSPS) is 11.9. The smallest absolute Gasteiger partial charge is 0.220 e. The first-order valence-electron chi connectivity index (χ1n) is 14.3. The maximum atomic E-state index is 13.6. The third-order valence-electron chi connectivity index (χ3n) is 7.86. The summed E-state index contributed by atoms with van der Waals surface area (Å²) >= 11 is 0. The van der Waals surface area contributed by atoms with E-state index in [1.807, 2.05) is 30.3 Å². The van der Waals surface area contributed by atoms with Crippen molar-refractivity contribution in [3.05, 3.63) is 132 Å². The predicted octanol–water partition coefficient (Wildman–Crippen LogP) is 7.54. The van der Waals surface area contributed by atoms with E-state index in [0.29, 0.717) is 24.5 Å². The van der Waals surface area contributed by atoms with Gasteiger partial charge in [0.1, 0.15) is 11.5 Å². The van der Waals surface area contributed by atoms with Crippen molar-refractivity contribution in [3.8, 4) is 11.5 Å². The molecular weight excluding hydrogens is 508 g/mol. The topological polar surface area (TPSA) is 52.5 Å². The molecule has 1 atom stereocenters. The Morgan fingerprint density at radius 1 is 0.756 bits per heavy atom. The largest absolute Gasteiger partial charge is 0.497 e. The Morgan fingerprint density at radius 2 is 1.34 bits per heavy atom. The minimum absolute atomic E-state index is 0.0185. The number of ether oxygens (including phenoxy) is 2. The van der Waals surface area contributed by atoms with Gasteiger partial charge in [0.05, 0.1) is 14.2 Å². The van der Waals surface area contributed by atoms with E-state index in [1.54, 1.807) is 14.2 Å². The third-order valence-corrected chi connectivity index (χ3v) is 7.86. The zero-order valence-corrected chi connectivity index (χ0v) is 24.0. The second-order valence-electron chi connectivity index (χ2n) is 10.3. The molecule has 0 aliphatic rings. The Labute approximate surface area is 242 Å². The molecule has 41 heavy (non-hydrogen) atoms. The van der Waals surface area contributed by atoms with Crippen LogP contribution in [0.5, 0.6) is 11.5 Å². The SMILES string of the molecule is CCn1cc([C@@H](CC(=O)NCCC(c2ccccc2)c2ccccc2)c2cc(OC)cc(OC)c2)c2ccccc21. The molecule has 0 radical (unpaired) electrons. The fourth-order valence-corrected chi connectivity index (χ4v) is 5.76. The van der Waals surface area contributed by atoms with Gasteiger partial charge in [-0.2, -0.15) is 0 Å². The van der Waals surface area contributed by atoms with Crippen LogP contribution < -0.4 is 14.8 Å². The van der Waals surface area contributed by atoms with Crippen molar-refractivity contribution in [1.82, 2.24) is 9.88 Å². The summed E-state index contributed by atoms with van der Waals surface area (Å²) in [5.74, 6) is 1.47. The average molecular weight is 547 g/mol. The van der Waals surface area contributed by atoms with Crippen LogP contribution in [-0.2, 0) is 11.3 Å². The summed E-state index contributed by atoms with van der Waals surface area (Å²) in [7, 11) is 3.30. The highest BCUT2D eigenvalue weighted by atomic mass is 16.5. The van der Waals surface area contributed by atoms with Gasteiger partial charge < -0.3 is 19.4 Å². The molecule has 1 amide bonds. The lowest BCUT2D eigenvalue weighted by molar-refractivity contribution is -0.121. The molecule has 0 unspecified atom stereocenters. The second-order valence-corrected chi connectivity index (χ2v) is 10.3. The van der Waals surface area contributed by atoms with Gasteiger partial charge in [-0.15, -0.1) is 0 Å². The summed E-state index contributed by atoms with van der Waals surface area (Å²) in [6.07, 6.45) is 3.32. The van der Waals surface area contributed by atoms with Gasteiger partial charge in [-0.1, -0.05) is 78.9 Å². The number of nitrogens with zero attached hydrogens (tertiary/aromatic N) is 1. The number of aryl methyl sites for hydroxylation is 1. The minimum atomic E-state index is -0.171. The highest BCUT2D eigenvalue weighted by Crippen LogP contribution is 2.38. The summed E-state index contributed by atoms with van der Waals surface area (Å²) in [4.78, 5) is 13.6. The Hall–Kier alpha value is -4.51. The number of aromatic nitrogens is 1. The average Bonchev–Trinajstić information content (AvgIpc) is 3.41. The number of fused-ring (bicyclic) bond motifs is 1. The Morgan fingerprint density at radius 3 is 1.93 bits per heavy atom. The molecule has 5 heteroatoms. The number of rotatable bonds is 12. The molecule has 1 aromatic heterocycles. The van der Waals surface area contributed by atoms with E-state index in [0.717, 1.165) is 29.5 Å². The van der Waals surface area contributed by atoms with Gasteiger partial charge in [0.25, 0.3) is 0 Å². The number of carbonyl (C=O) groups is 1. The van der Waals surface area contributed by atoms with E-state index in [2.05, 4.69) is 95.8 Å². The number of amides is 1. The quantitative estimate of drug-likeness (QED) is 0.176. The molecule has 0 spiro atoms. The molecule has 0 fully saturated rings. The number of hydrogen-bond donors (Lipinski definition) is 1. The first-order valence-corrected chi connectivity index (χ1v) is 14.3. The van der Waals surface area contributed by atoms with Crippen molar-refractivity contribution in [2.45, 2.75) is 38.1 Å². The molecule has 0 aliphatic carbocycles. The fraction of sp³-hybridized carbons (Fsp3) is 0.250. The van der Waals surface area contributed by atoms with Crippen LogP contribution in [0, 0.1) is 0 Å². The first kappa shape index (κ1) is 28.0. The minimum Gasteiger partial charge on any atom is -0.497 e. The summed E-state index contributed by atoms with van der Waals surface area (Å²) in [6.45, 7) is 3.57. The number of benzene rings is 4. The molecule has 210 valence electrons. The monoisotopic (exact) mass is 546 g/mol. The van der Waals surface area contributed by atoms with Gasteiger partial charge in [-0.25, -0.2) is 0 Å². The summed E-state index contributed by atoms with van der Waals surface area (Å²) < 4.78 is 13.4. The number of hydrogen-bond acceptors (Lipinski definition) is 3. The van der Waals surface area contributed by atoms with Crippen molar-refractivity contribution < 1.29 is 14.3 Å². The molecule has 5 rings (SSSR count). The van der Waals surface area contributed by atoms with E-state index in [-0.39, 0.29) is 17.7 Å².